The Morgan fingerprint density at radius 1 is 1.10 bits per heavy atom. The van der Waals surface area contributed by atoms with Crippen molar-refractivity contribution in [1.29, 1.82) is 0 Å². The lowest BCUT2D eigenvalue weighted by atomic mass is 10.1. The van der Waals surface area contributed by atoms with Gasteiger partial charge in [-0.05, 0) is 43.2 Å². The summed E-state index contributed by atoms with van der Waals surface area (Å²) >= 11 is 0. The standard InChI is InChI=1S/C22H26F2N2O4/c1-3-29-19-8-5-4-7-18(19)21(28)25-14-6-9-20(27)26(2)15-16-10-12-17(13-11-16)30-22(23)24/h4-5,7-8,10-13,22H,3,6,9,14-15H2,1-2H3,(H,25,28). The van der Waals surface area contributed by atoms with Gasteiger partial charge in [0.25, 0.3) is 5.91 Å². The molecule has 0 aliphatic heterocycles. The lowest BCUT2D eigenvalue weighted by molar-refractivity contribution is -0.130. The zero-order valence-corrected chi connectivity index (χ0v) is 17.1. The first kappa shape index (κ1) is 23.1. The van der Waals surface area contributed by atoms with Gasteiger partial charge in [-0.1, -0.05) is 24.3 Å². The van der Waals surface area contributed by atoms with E-state index in [1.807, 2.05) is 6.92 Å². The molecule has 0 aromatic heterocycles. The number of hydrogen-bond donors (Lipinski definition) is 1. The third kappa shape index (κ3) is 7.35. The van der Waals surface area contributed by atoms with Crippen LogP contribution in [0.2, 0.25) is 0 Å². The Morgan fingerprint density at radius 3 is 2.47 bits per heavy atom. The minimum Gasteiger partial charge on any atom is -0.493 e. The Labute approximate surface area is 174 Å². The van der Waals surface area contributed by atoms with Crippen LogP contribution >= 0.6 is 0 Å². The first-order valence-corrected chi connectivity index (χ1v) is 9.68. The smallest absolute Gasteiger partial charge is 0.387 e. The van der Waals surface area contributed by atoms with Gasteiger partial charge < -0.3 is 19.7 Å². The number of nitrogens with zero attached hydrogens (tertiary/aromatic N) is 1. The molecule has 2 aromatic carbocycles. The third-order valence-electron chi connectivity index (χ3n) is 4.28. The fourth-order valence-electron chi connectivity index (χ4n) is 2.80. The van der Waals surface area contributed by atoms with Crippen LogP contribution in [-0.2, 0) is 11.3 Å². The molecule has 0 aliphatic rings. The molecular weight excluding hydrogens is 394 g/mol. The molecule has 0 saturated carbocycles. The molecule has 0 bridgehead atoms. The van der Waals surface area contributed by atoms with Gasteiger partial charge in [0.05, 0.1) is 12.2 Å². The average Bonchev–Trinajstić information content (AvgIpc) is 2.72. The molecule has 0 heterocycles. The van der Waals surface area contributed by atoms with Crippen molar-refractivity contribution in [1.82, 2.24) is 10.2 Å². The van der Waals surface area contributed by atoms with E-state index in [-0.39, 0.29) is 24.0 Å². The highest BCUT2D eigenvalue weighted by Gasteiger charge is 2.13. The van der Waals surface area contributed by atoms with E-state index < -0.39 is 6.61 Å². The van der Waals surface area contributed by atoms with E-state index in [4.69, 9.17) is 4.74 Å². The number of carbonyl (C=O) groups is 2. The molecule has 2 amide bonds. The van der Waals surface area contributed by atoms with Gasteiger partial charge in [-0.25, -0.2) is 0 Å². The fourth-order valence-corrected chi connectivity index (χ4v) is 2.80. The van der Waals surface area contributed by atoms with Crippen molar-refractivity contribution in [3.05, 3.63) is 59.7 Å². The molecule has 0 aliphatic carbocycles. The topological polar surface area (TPSA) is 67.9 Å². The van der Waals surface area contributed by atoms with E-state index in [9.17, 15) is 18.4 Å². The average molecular weight is 420 g/mol. The Balaban J connectivity index is 1.74. The quantitative estimate of drug-likeness (QED) is 0.561. The van der Waals surface area contributed by atoms with Crippen LogP contribution in [0.15, 0.2) is 48.5 Å². The van der Waals surface area contributed by atoms with Crippen molar-refractivity contribution >= 4 is 11.8 Å². The van der Waals surface area contributed by atoms with Crippen LogP contribution in [0.25, 0.3) is 0 Å². The minimum absolute atomic E-state index is 0.0735. The molecule has 0 radical (unpaired) electrons. The van der Waals surface area contributed by atoms with Crippen molar-refractivity contribution in [2.75, 3.05) is 20.2 Å². The summed E-state index contributed by atoms with van der Waals surface area (Å²) in [5.41, 5.74) is 1.26. The Bertz CT molecular complexity index is 828. The second kappa shape index (κ2) is 11.7. The Kier molecular flexibility index (Phi) is 9.05. The predicted molar refractivity (Wildman–Crippen MR) is 109 cm³/mol. The van der Waals surface area contributed by atoms with Gasteiger partial charge in [-0.3, -0.25) is 9.59 Å². The maximum absolute atomic E-state index is 12.3. The summed E-state index contributed by atoms with van der Waals surface area (Å²) in [6.07, 6.45) is 0.767. The Morgan fingerprint density at radius 2 is 1.80 bits per heavy atom. The van der Waals surface area contributed by atoms with Crippen LogP contribution in [0.4, 0.5) is 8.78 Å². The number of nitrogens with one attached hydrogen (secondary N) is 1. The molecule has 0 saturated heterocycles. The normalized spacial score (nSPS) is 10.6. The summed E-state index contributed by atoms with van der Waals surface area (Å²) < 4.78 is 34.1. The lowest BCUT2D eigenvalue weighted by Crippen LogP contribution is -2.29. The van der Waals surface area contributed by atoms with Gasteiger partial charge in [-0.2, -0.15) is 8.78 Å². The molecule has 2 aromatic rings. The van der Waals surface area contributed by atoms with Gasteiger partial charge >= 0.3 is 6.61 Å². The molecule has 0 fully saturated rings. The Hall–Kier alpha value is -3.16. The molecule has 0 atom stereocenters. The summed E-state index contributed by atoms with van der Waals surface area (Å²) in [7, 11) is 1.67. The first-order chi connectivity index (χ1) is 14.4. The summed E-state index contributed by atoms with van der Waals surface area (Å²) in [5.74, 6) is 0.278. The van der Waals surface area contributed by atoms with E-state index in [1.165, 1.54) is 12.1 Å². The molecule has 2 rings (SSSR count). The second-order valence-corrected chi connectivity index (χ2v) is 6.56. The molecule has 0 unspecified atom stereocenters. The van der Waals surface area contributed by atoms with Gasteiger partial charge in [0.1, 0.15) is 11.5 Å². The molecule has 0 spiro atoms. The second-order valence-electron chi connectivity index (χ2n) is 6.56. The molecule has 6 nitrogen and oxygen atoms in total. The zero-order chi connectivity index (χ0) is 21.9. The van der Waals surface area contributed by atoms with Crippen LogP contribution < -0.4 is 14.8 Å². The van der Waals surface area contributed by atoms with Gasteiger partial charge in [0.15, 0.2) is 0 Å². The van der Waals surface area contributed by atoms with E-state index in [1.54, 1.807) is 48.3 Å². The predicted octanol–water partition coefficient (Wildman–Crippen LogP) is 3.86. The van der Waals surface area contributed by atoms with E-state index >= 15 is 0 Å². The lowest BCUT2D eigenvalue weighted by Gasteiger charge is -2.17. The van der Waals surface area contributed by atoms with Crippen LogP contribution in [-0.4, -0.2) is 43.5 Å². The maximum atomic E-state index is 12.3. The monoisotopic (exact) mass is 420 g/mol. The number of carbonyl (C=O) groups excluding carboxylic acids is 2. The molecule has 1 N–H and O–H groups in total. The van der Waals surface area contributed by atoms with Gasteiger partial charge in [-0.15, -0.1) is 0 Å². The van der Waals surface area contributed by atoms with E-state index in [2.05, 4.69) is 10.1 Å². The van der Waals surface area contributed by atoms with Crippen LogP contribution in [0.3, 0.4) is 0 Å². The van der Waals surface area contributed by atoms with Crippen LogP contribution in [0.1, 0.15) is 35.7 Å². The third-order valence-corrected chi connectivity index (χ3v) is 4.28. The highest BCUT2D eigenvalue weighted by atomic mass is 19.3. The number of benzene rings is 2. The largest absolute Gasteiger partial charge is 0.493 e. The van der Waals surface area contributed by atoms with Crippen molar-refractivity contribution < 1.29 is 27.8 Å². The maximum Gasteiger partial charge on any atom is 0.387 e. The summed E-state index contributed by atoms with van der Waals surface area (Å²) in [4.78, 5) is 26.1. The van der Waals surface area contributed by atoms with E-state index in [0.29, 0.717) is 37.4 Å². The number of rotatable bonds is 11. The minimum atomic E-state index is -2.87. The number of hydrogen-bond acceptors (Lipinski definition) is 4. The number of amides is 2. The van der Waals surface area contributed by atoms with Crippen molar-refractivity contribution in [3.63, 3.8) is 0 Å². The number of ether oxygens (including phenoxy) is 2. The van der Waals surface area contributed by atoms with Gasteiger partial charge in [0, 0.05) is 26.6 Å². The van der Waals surface area contributed by atoms with Gasteiger partial charge in [0.2, 0.25) is 5.91 Å². The fraction of sp³-hybridized carbons (Fsp3) is 0.364. The number of para-hydroxylation sites is 1. The molecule has 8 heteroatoms. The number of halogens is 2. The zero-order valence-electron chi connectivity index (χ0n) is 17.1. The van der Waals surface area contributed by atoms with Crippen molar-refractivity contribution in [2.45, 2.75) is 32.9 Å². The number of alkyl halides is 2. The SMILES string of the molecule is CCOc1ccccc1C(=O)NCCCC(=O)N(C)Cc1ccc(OC(F)F)cc1. The highest BCUT2D eigenvalue weighted by Crippen LogP contribution is 2.18. The molecule has 30 heavy (non-hydrogen) atoms. The van der Waals surface area contributed by atoms with Crippen LogP contribution in [0.5, 0.6) is 11.5 Å². The first-order valence-electron chi connectivity index (χ1n) is 9.68. The van der Waals surface area contributed by atoms with Crippen molar-refractivity contribution in [2.24, 2.45) is 0 Å². The summed E-state index contributed by atoms with van der Waals surface area (Å²) in [6.45, 7) is 0.156. The molecular formula is C22H26F2N2O4. The molecule has 162 valence electrons. The van der Waals surface area contributed by atoms with E-state index in [0.717, 1.165) is 5.56 Å². The van der Waals surface area contributed by atoms with Crippen LogP contribution in [0, 0.1) is 0 Å². The summed E-state index contributed by atoms with van der Waals surface area (Å²) in [6, 6.07) is 13.2. The highest BCUT2D eigenvalue weighted by molar-refractivity contribution is 5.96. The van der Waals surface area contributed by atoms with Crippen molar-refractivity contribution in [3.8, 4) is 11.5 Å². The summed E-state index contributed by atoms with van der Waals surface area (Å²) in [5, 5.41) is 2.80.